The Labute approximate surface area is 125 Å². The Morgan fingerprint density at radius 3 is 2.86 bits per heavy atom. The molecule has 0 aliphatic carbocycles. The monoisotopic (exact) mass is 292 g/mol. The molecule has 1 aliphatic rings. The molecule has 1 aliphatic heterocycles. The third kappa shape index (κ3) is 4.97. The fourth-order valence-corrected chi connectivity index (χ4v) is 2.63. The molecule has 2 heterocycles. The van der Waals surface area contributed by atoms with Crippen molar-refractivity contribution in [2.24, 2.45) is 0 Å². The summed E-state index contributed by atoms with van der Waals surface area (Å²) in [6.45, 7) is 8.09. The second-order valence-electron chi connectivity index (χ2n) is 6.07. The largest absolute Gasteiger partial charge is 0.369 e. The van der Waals surface area contributed by atoms with E-state index in [2.05, 4.69) is 15.3 Å². The number of amides is 1. The Bertz CT molecular complexity index is 464. The number of carbonyl (C=O) groups is 1. The van der Waals surface area contributed by atoms with Crippen LogP contribution in [0.3, 0.4) is 0 Å². The van der Waals surface area contributed by atoms with Gasteiger partial charge in [0.05, 0.1) is 11.7 Å². The minimum absolute atomic E-state index is 0.0912. The zero-order chi connectivity index (χ0) is 15.3. The van der Waals surface area contributed by atoms with E-state index in [1.807, 2.05) is 25.7 Å². The van der Waals surface area contributed by atoms with Gasteiger partial charge < -0.3 is 15.0 Å². The number of aromatic nitrogens is 2. The van der Waals surface area contributed by atoms with Crippen LogP contribution in [0.5, 0.6) is 0 Å². The molecule has 0 spiro atoms. The molecular formula is C15H24N4O2. The van der Waals surface area contributed by atoms with Crippen LogP contribution in [0.15, 0.2) is 18.5 Å². The number of hydrogen-bond donors (Lipinski definition) is 1. The smallest absolute Gasteiger partial charge is 0.222 e. The minimum atomic E-state index is -0.260. The van der Waals surface area contributed by atoms with Gasteiger partial charge in [0.2, 0.25) is 11.9 Å². The number of ether oxygens (including phenoxy) is 1. The first-order valence-electron chi connectivity index (χ1n) is 7.43. The van der Waals surface area contributed by atoms with E-state index >= 15 is 0 Å². The molecule has 0 bridgehead atoms. The highest BCUT2D eigenvalue weighted by Gasteiger charge is 2.33. The molecule has 21 heavy (non-hydrogen) atoms. The lowest BCUT2D eigenvalue weighted by atomic mass is 10.0. The van der Waals surface area contributed by atoms with Crippen LogP contribution in [0, 0.1) is 0 Å². The Balaban J connectivity index is 1.72. The topological polar surface area (TPSA) is 67.4 Å². The van der Waals surface area contributed by atoms with Gasteiger partial charge >= 0.3 is 0 Å². The van der Waals surface area contributed by atoms with Crippen LogP contribution >= 0.6 is 0 Å². The molecule has 0 unspecified atom stereocenters. The van der Waals surface area contributed by atoms with Crippen LogP contribution in [0.2, 0.25) is 0 Å². The Hall–Kier alpha value is -1.69. The van der Waals surface area contributed by atoms with Crippen LogP contribution in [-0.2, 0) is 9.53 Å². The molecule has 1 N–H and O–H groups in total. The van der Waals surface area contributed by atoms with Crippen molar-refractivity contribution in [3.63, 3.8) is 0 Å². The van der Waals surface area contributed by atoms with Crippen molar-refractivity contribution in [1.82, 2.24) is 14.9 Å². The Morgan fingerprint density at radius 1 is 1.48 bits per heavy atom. The second-order valence-corrected chi connectivity index (χ2v) is 6.07. The number of carbonyl (C=O) groups excluding carboxylic acids is 1. The number of nitrogens with zero attached hydrogens (tertiary/aromatic N) is 3. The van der Waals surface area contributed by atoms with Gasteiger partial charge in [0, 0.05) is 38.4 Å². The molecule has 0 radical (unpaired) electrons. The quantitative estimate of drug-likeness (QED) is 0.837. The molecule has 116 valence electrons. The zero-order valence-electron chi connectivity index (χ0n) is 13.0. The third-order valence-electron chi connectivity index (χ3n) is 3.34. The number of morpholine rings is 1. The summed E-state index contributed by atoms with van der Waals surface area (Å²) in [5.41, 5.74) is -0.260. The summed E-state index contributed by atoms with van der Waals surface area (Å²) in [5.74, 6) is 0.792. The maximum atomic E-state index is 12.3. The van der Waals surface area contributed by atoms with Crippen LogP contribution in [0.4, 0.5) is 5.95 Å². The summed E-state index contributed by atoms with van der Waals surface area (Å²) in [4.78, 5) is 22.3. The van der Waals surface area contributed by atoms with E-state index in [1.54, 1.807) is 18.5 Å². The van der Waals surface area contributed by atoms with Gasteiger partial charge in [-0.05, 0) is 33.3 Å². The first-order valence-corrected chi connectivity index (χ1v) is 7.43. The van der Waals surface area contributed by atoms with E-state index in [4.69, 9.17) is 4.74 Å². The molecule has 1 saturated heterocycles. The van der Waals surface area contributed by atoms with Gasteiger partial charge in [-0.3, -0.25) is 4.79 Å². The molecule has 0 aromatic carbocycles. The van der Waals surface area contributed by atoms with Crippen LogP contribution in [0.1, 0.15) is 33.6 Å². The van der Waals surface area contributed by atoms with Crippen molar-refractivity contribution in [3.8, 4) is 0 Å². The van der Waals surface area contributed by atoms with E-state index < -0.39 is 0 Å². The third-order valence-corrected chi connectivity index (χ3v) is 3.34. The predicted molar refractivity (Wildman–Crippen MR) is 81.0 cm³/mol. The Morgan fingerprint density at radius 2 is 2.19 bits per heavy atom. The normalized spacial score (nSPS) is 21.1. The van der Waals surface area contributed by atoms with Gasteiger partial charge in [0.1, 0.15) is 0 Å². The number of nitrogens with one attached hydrogen (secondary N) is 1. The maximum Gasteiger partial charge on any atom is 0.222 e. The van der Waals surface area contributed by atoms with Gasteiger partial charge in [0.15, 0.2) is 0 Å². The fraction of sp³-hybridized carbons (Fsp3) is 0.667. The van der Waals surface area contributed by atoms with Crippen molar-refractivity contribution in [3.05, 3.63) is 18.5 Å². The molecular weight excluding hydrogens is 268 g/mol. The maximum absolute atomic E-state index is 12.3. The lowest BCUT2D eigenvalue weighted by Gasteiger charge is -2.41. The number of rotatable bonds is 5. The van der Waals surface area contributed by atoms with E-state index in [-0.39, 0.29) is 17.6 Å². The molecule has 0 saturated carbocycles. The summed E-state index contributed by atoms with van der Waals surface area (Å²) < 4.78 is 5.81. The molecule has 2 rings (SSSR count). The van der Waals surface area contributed by atoms with Crippen LogP contribution in [0.25, 0.3) is 0 Å². The van der Waals surface area contributed by atoms with Crippen LogP contribution in [-0.4, -0.2) is 52.1 Å². The summed E-state index contributed by atoms with van der Waals surface area (Å²) >= 11 is 0. The summed E-state index contributed by atoms with van der Waals surface area (Å²) in [7, 11) is 0. The van der Waals surface area contributed by atoms with Crippen molar-refractivity contribution < 1.29 is 9.53 Å². The molecule has 1 aromatic heterocycles. The molecule has 6 heteroatoms. The lowest BCUT2D eigenvalue weighted by molar-refractivity contribution is -0.158. The average molecular weight is 292 g/mol. The van der Waals surface area contributed by atoms with E-state index in [0.717, 1.165) is 6.42 Å². The number of anilines is 1. The number of hydrogen-bond acceptors (Lipinski definition) is 5. The highest BCUT2D eigenvalue weighted by Crippen LogP contribution is 2.21. The van der Waals surface area contributed by atoms with E-state index in [1.165, 1.54) is 0 Å². The SMILES string of the molecule is C[C@H]1CN(C(=O)CCCNc2ncccn2)CC(C)(C)O1. The van der Waals surface area contributed by atoms with Gasteiger partial charge in [-0.25, -0.2) is 9.97 Å². The van der Waals surface area contributed by atoms with Gasteiger partial charge in [-0.1, -0.05) is 0 Å². The van der Waals surface area contributed by atoms with E-state index in [0.29, 0.717) is 32.0 Å². The highest BCUT2D eigenvalue weighted by atomic mass is 16.5. The molecule has 1 aromatic rings. The minimum Gasteiger partial charge on any atom is -0.369 e. The average Bonchev–Trinajstić information content (AvgIpc) is 2.42. The predicted octanol–water partition coefficient (Wildman–Crippen LogP) is 1.69. The van der Waals surface area contributed by atoms with Crippen molar-refractivity contribution in [2.75, 3.05) is 25.0 Å². The standard InChI is InChI=1S/C15H24N4O2/c1-12-10-19(11-15(2,3)21-12)13(20)6-4-7-16-14-17-8-5-9-18-14/h5,8-9,12H,4,6-7,10-11H2,1-3H3,(H,16,17,18)/t12-/m0/s1. The summed E-state index contributed by atoms with van der Waals surface area (Å²) in [6, 6.07) is 1.77. The van der Waals surface area contributed by atoms with Crippen LogP contribution < -0.4 is 5.32 Å². The molecule has 1 amide bonds. The lowest BCUT2D eigenvalue weighted by Crippen LogP contribution is -2.53. The fourth-order valence-electron chi connectivity index (χ4n) is 2.63. The summed E-state index contributed by atoms with van der Waals surface area (Å²) in [6.07, 6.45) is 4.77. The molecule has 1 fully saturated rings. The Kier molecular flexibility index (Phi) is 5.12. The first-order chi connectivity index (χ1) is 9.96. The zero-order valence-corrected chi connectivity index (χ0v) is 13.0. The van der Waals surface area contributed by atoms with Crippen molar-refractivity contribution in [1.29, 1.82) is 0 Å². The summed E-state index contributed by atoms with van der Waals surface area (Å²) in [5, 5.41) is 3.11. The molecule has 1 atom stereocenters. The molecule has 6 nitrogen and oxygen atoms in total. The van der Waals surface area contributed by atoms with E-state index in [9.17, 15) is 4.79 Å². The first kappa shape index (κ1) is 15.7. The second kappa shape index (κ2) is 6.85. The highest BCUT2D eigenvalue weighted by molar-refractivity contribution is 5.76. The van der Waals surface area contributed by atoms with Gasteiger partial charge in [-0.15, -0.1) is 0 Å². The van der Waals surface area contributed by atoms with Gasteiger partial charge in [0.25, 0.3) is 0 Å². The van der Waals surface area contributed by atoms with Crippen molar-refractivity contribution >= 4 is 11.9 Å². The van der Waals surface area contributed by atoms with Gasteiger partial charge in [-0.2, -0.15) is 0 Å². The van der Waals surface area contributed by atoms with Crippen molar-refractivity contribution in [2.45, 2.75) is 45.3 Å².